The van der Waals surface area contributed by atoms with E-state index >= 15 is 0 Å². The number of Topliss-reactive ketones (excluding diaryl/α,β-unsaturated/α-hetero) is 1. The third-order valence-electron chi connectivity index (χ3n) is 6.93. The number of carbonyl (C=O) groups is 4. The SMILES string of the molecule is O=C(COC(=O)c1ccc(N2C(=O)CC(N3CCN(c4ccc(F)cc4)CC3)C2=O)cc1)c1ccc(Cl)cc1. The largest absolute Gasteiger partial charge is 0.454 e. The second kappa shape index (κ2) is 11.3. The van der Waals surface area contributed by atoms with Gasteiger partial charge in [-0.3, -0.25) is 19.3 Å². The van der Waals surface area contributed by atoms with Gasteiger partial charge in [0, 0.05) is 42.5 Å². The summed E-state index contributed by atoms with van der Waals surface area (Å²) < 4.78 is 18.4. The molecule has 5 rings (SSSR count). The number of anilines is 2. The van der Waals surface area contributed by atoms with Gasteiger partial charge >= 0.3 is 5.97 Å². The molecule has 2 aliphatic heterocycles. The summed E-state index contributed by atoms with van der Waals surface area (Å²) in [5.41, 5.74) is 1.85. The Hall–Kier alpha value is -4.08. The fourth-order valence-corrected chi connectivity index (χ4v) is 4.92. The van der Waals surface area contributed by atoms with Crippen LogP contribution in [0.5, 0.6) is 0 Å². The summed E-state index contributed by atoms with van der Waals surface area (Å²) in [6.45, 7) is 2.06. The molecule has 8 nitrogen and oxygen atoms in total. The Bertz CT molecular complexity index is 1390. The minimum Gasteiger partial charge on any atom is -0.454 e. The quantitative estimate of drug-likeness (QED) is 0.250. The first kappa shape index (κ1) is 26.5. The third kappa shape index (κ3) is 5.84. The summed E-state index contributed by atoms with van der Waals surface area (Å²) >= 11 is 5.82. The van der Waals surface area contributed by atoms with Gasteiger partial charge in [0.25, 0.3) is 5.91 Å². The third-order valence-corrected chi connectivity index (χ3v) is 7.18. The van der Waals surface area contributed by atoms with Gasteiger partial charge < -0.3 is 9.64 Å². The molecule has 3 aromatic carbocycles. The molecule has 39 heavy (non-hydrogen) atoms. The topological polar surface area (TPSA) is 87.2 Å². The van der Waals surface area contributed by atoms with E-state index in [9.17, 15) is 23.6 Å². The molecular weight excluding hydrogens is 525 g/mol. The van der Waals surface area contributed by atoms with E-state index in [1.54, 1.807) is 36.4 Å². The molecule has 2 amide bonds. The maximum Gasteiger partial charge on any atom is 0.338 e. The van der Waals surface area contributed by atoms with Crippen LogP contribution in [-0.4, -0.2) is 67.3 Å². The number of nitrogens with zero attached hydrogens (tertiary/aromatic N) is 3. The summed E-state index contributed by atoms with van der Waals surface area (Å²) in [5.74, 6) is -1.97. The maximum atomic E-state index is 13.2. The van der Waals surface area contributed by atoms with Gasteiger partial charge in [-0.1, -0.05) is 11.6 Å². The van der Waals surface area contributed by atoms with Crippen molar-refractivity contribution in [3.05, 3.63) is 94.8 Å². The highest BCUT2D eigenvalue weighted by atomic mass is 35.5. The lowest BCUT2D eigenvalue weighted by Gasteiger charge is -2.38. The van der Waals surface area contributed by atoms with Crippen LogP contribution < -0.4 is 9.80 Å². The molecule has 1 atom stereocenters. The van der Waals surface area contributed by atoms with Crippen molar-refractivity contribution in [1.82, 2.24) is 4.90 Å². The molecule has 2 fully saturated rings. The van der Waals surface area contributed by atoms with Gasteiger partial charge in [-0.15, -0.1) is 0 Å². The molecule has 2 saturated heterocycles. The molecular formula is C29H25ClFN3O5. The van der Waals surface area contributed by atoms with E-state index in [4.69, 9.17) is 16.3 Å². The predicted molar refractivity (Wildman–Crippen MR) is 144 cm³/mol. The molecule has 0 N–H and O–H groups in total. The van der Waals surface area contributed by atoms with Gasteiger partial charge in [-0.05, 0) is 72.8 Å². The first-order valence-electron chi connectivity index (χ1n) is 12.5. The number of hydrogen-bond acceptors (Lipinski definition) is 7. The Morgan fingerprint density at radius 2 is 1.41 bits per heavy atom. The first-order valence-corrected chi connectivity index (χ1v) is 12.9. The van der Waals surface area contributed by atoms with Crippen LogP contribution in [0, 0.1) is 5.82 Å². The number of carbonyl (C=O) groups excluding carboxylic acids is 4. The standard InChI is InChI=1S/C29H25ClFN3O5/c30-21-5-1-19(2-6-21)26(35)18-39-29(38)20-3-9-24(10-4-20)34-27(36)17-25(28(34)37)33-15-13-32(14-16-33)23-11-7-22(31)8-12-23/h1-12,25H,13-18H2. The highest BCUT2D eigenvalue weighted by molar-refractivity contribution is 6.30. The van der Waals surface area contributed by atoms with E-state index in [-0.39, 0.29) is 35.4 Å². The van der Waals surface area contributed by atoms with Crippen LogP contribution in [0.15, 0.2) is 72.8 Å². The molecule has 3 aromatic rings. The Labute approximate surface area is 229 Å². The fourth-order valence-electron chi connectivity index (χ4n) is 4.80. The lowest BCUT2D eigenvalue weighted by atomic mass is 10.1. The molecule has 0 aliphatic carbocycles. The number of hydrogen-bond donors (Lipinski definition) is 0. The maximum absolute atomic E-state index is 13.2. The Morgan fingerprint density at radius 1 is 0.821 bits per heavy atom. The zero-order valence-electron chi connectivity index (χ0n) is 20.9. The summed E-state index contributed by atoms with van der Waals surface area (Å²) in [6.07, 6.45) is 0.0754. The van der Waals surface area contributed by atoms with Crippen LogP contribution >= 0.6 is 11.6 Å². The Balaban J connectivity index is 1.17. The van der Waals surface area contributed by atoms with Crippen molar-refractivity contribution in [3.63, 3.8) is 0 Å². The van der Waals surface area contributed by atoms with Crippen molar-refractivity contribution >= 4 is 46.5 Å². The molecule has 0 aromatic heterocycles. The highest BCUT2D eigenvalue weighted by Crippen LogP contribution is 2.28. The summed E-state index contributed by atoms with van der Waals surface area (Å²) in [5, 5.41) is 0.495. The number of esters is 1. The van der Waals surface area contributed by atoms with Gasteiger partial charge in [0.05, 0.1) is 23.7 Å². The number of rotatable bonds is 7. The number of halogens is 2. The van der Waals surface area contributed by atoms with Gasteiger partial charge in [-0.25, -0.2) is 14.1 Å². The van der Waals surface area contributed by atoms with Crippen molar-refractivity contribution in [2.24, 2.45) is 0 Å². The van der Waals surface area contributed by atoms with Crippen LogP contribution in [0.3, 0.4) is 0 Å². The molecule has 200 valence electrons. The number of imide groups is 1. The summed E-state index contributed by atoms with van der Waals surface area (Å²) in [4.78, 5) is 56.0. The van der Waals surface area contributed by atoms with Crippen LogP contribution in [-0.2, 0) is 14.3 Å². The second-order valence-corrected chi connectivity index (χ2v) is 9.78. The van der Waals surface area contributed by atoms with Crippen molar-refractivity contribution in [3.8, 4) is 0 Å². The monoisotopic (exact) mass is 549 g/mol. The molecule has 0 spiro atoms. The van der Waals surface area contributed by atoms with Crippen molar-refractivity contribution < 1.29 is 28.3 Å². The van der Waals surface area contributed by atoms with E-state index < -0.39 is 18.6 Å². The molecule has 2 aliphatic rings. The van der Waals surface area contributed by atoms with E-state index in [2.05, 4.69) is 4.90 Å². The number of benzene rings is 3. The van der Waals surface area contributed by atoms with Crippen molar-refractivity contribution in [2.75, 3.05) is 42.6 Å². The van der Waals surface area contributed by atoms with Gasteiger partial charge in [0.1, 0.15) is 5.82 Å². The minimum atomic E-state index is -0.695. The van der Waals surface area contributed by atoms with E-state index in [1.807, 2.05) is 4.90 Å². The van der Waals surface area contributed by atoms with Gasteiger partial charge in [0.2, 0.25) is 5.91 Å². The van der Waals surface area contributed by atoms with Gasteiger partial charge in [-0.2, -0.15) is 0 Å². The molecule has 0 saturated carbocycles. The first-order chi connectivity index (χ1) is 18.8. The minimum absolute atomic E-state index is 0.0754. The summed E-state index contributed by atoms with van der Waals surface area (Å²) in [6, 6.07) is 18.0. The highest BCUT2D eigenvalue weighted by Gasteiger charge is 2.43. The molecule has 0 bridgehead atoms. The van der Waals surface area contributed by atoms with Crippen LogP contribution in [0.4, 0.5) is 15.8 Å². The Morgan fingerprint density at radius 3 is 2.05 bits per heavy atom. The van der Waals surface area contributed by atoms with E-state index in [1.165, 1.54) is 36.4 Å². The zero-order valence-corrected chi connectivity index (χ0v) is 21.6. The van der Waals surface area contributed by atoms with Crippen LogP contribution in [0.1, 0.15) is 27.1 Å². The molecule has 1 unspecified atom stereocenters. The van der Waals surface area contributed by atoms with Gasteiger partial charge in [0.15, 0.2) is 12.4 Å². The van der Waals surface area contributed by atoms with Crippen LogP contribution in [0.25, 0.3) is 0 Å². The number of ketones is 1. The van der Waals surface area contributed by atoms with Crippen LogP contribution in [0.2, 0.25) is 5.02 Å². The normalized spacial score (nSPS) is 17.9. The summed E-state index contributed by atoms with van der Waals surface area (Å²) in [7, 11) is 0. The smallest absolute Gasteiger partial charge is 0.338 e. The molecule has 10 heteroatoms. The lowest BCUT2D eigenvalue weighted by Crippen LogP contribution is -2.52. The van der Waals surface area contributed by atoms with E-state index in [0.29, 0.717) is 42.5 Å². The lowest BCUT2D eigenvalue weighted by molar-refractivity contribution is -0.123. The Kier molecular flexibility index (Phi) is 7.72. The number of ether oxygens (including phenoxy) is 1. The van der Waals surface area contributed by atoms with E-state index in [0.717, 1.165) is 10.6 Å². The number of amides is 2. The average molecular weight is 550 g/mol. The van der Waals surface area contributed by atoms with Crippen molar-refractivity contribution in [2.45, 2.75) is 12.5 Å². The zero-order chi connectivity index (χ0) is 27.5. The predicted octanol–water partition coefficient (Wildman–Crippen LogP) is 3.97. The molecule has 0 radical (unpaired) electrons. The molecule has 2 heterocycles. The second-order valence-electron chi connectivity index (χ2n) is 9.34. The number of piperazine rings is 1. The fraction of sp³-hybridized carbons (Fsp3) is 0.241. The van der Waals surface area contributed by atoms with Crippen molar-refractivity contribution in [1.29, 1.82) is 0 Å². The average Bonchev–Trinajstić information content (AvgIpc) is 3.26.